The molecule has 0 spiro atoms. The van der Waals surface area contributed by atoms with Crippen molar-refractivity contribution >= 4 is 28.7 Å². The van der Waals surface area contributed by atoms with Gasteiger partial charge in [0, 0.05) is 5.66 Å². The van der Waals surface area contributed by atoms with Crippen molar-refractivity contribution in [2.24, 2.45) is 0 Å². The Hall–Kier alpha value is -0.595. The standard InChI is InChI=1S/C4H9B3O2/c1-7-4(9)2(5)3(6)8/h7-8H,5-6H2,1H3/b3-2+. The van der Waals surface area contributed by atoms with Gasteiger partial charge in [0.25, 0.3) is 0 Å². The van der Waals surface area contributed by atoms with Crippen molar-refractivity contribution < 1.29 is 9.90 Å². The fourth-order valence-corrected chi connectivity index (χ4v) is 0.467. The molecule has 0 aliphatic heterocycles. The molecule has 0 bridgehead atoms. The van der Waals surface area contributed by atoms with E-state index >= 15 is 0 Å². The van der Waals surface area contributed by atoms with E-state index in [2.05, 4.69) is 0 Å². The third kappa shape index (κ3) is 2.45. The molecule has 9 heavy (non-hydrogen) atoms. The summed E-state index contributed by atoms with van der Waals surface area (Å²) in [5, 5.41) is 8.78. The van der Waals surface area contributed by atoms with Crippen molar-refractivity contribution in [2.75, 3.05) is 0 Å². The van der Waals surface area contributed by atoms with E-state index in [1.807, 2.05) is 0 Å². The van der Waals surface area contributed by atoms with Crippen LogP contribution in [0.3, 0.4) is 0 Å². The van der Waals surface area contributed by atoms with Crippen LogP contribution in [0.25, 0.3) is 0 Å². The zero-order valence-electron chi connectivity index (χ0n) is 6.06. The molecule has 0 radical (unpaired) electrons. The van der Waals surface area contributed by atoms with Gasteiger partial charge in [0.05, 0.1) is 0 Å². The van der Waals surface area contributed by atoms with E-state index in [0.717, 1.165) is 0 Å². The number of aliphatic hydroxyl groups excluding tert-OH is 1. The van der Waals surface area contributed by atoms with Gasteiger partial charge in [-0.2, -0.15) is 0 Å². The first-order chi connectivity index (χ1) is 4.09. The zero-order valence-corrected chi connectivity index (χ0v) is 6.06. The number of hydrogen-bond acceptors (Lipinski definition) is 2. The molecule has 0 heterocycles. The van der Waals surface area contributed by atoms with E-state index in [-0.39, 0.29) is 11.3 Å². The van der Waals surface area contributed by atoms with Crippen molar-refractivity contribution in [1.82, 2.24) is 0 Å². The summed E-state index contributed by atoms with van der Waals surface area (Å²) >= 11 is 0. The van der Waals surface area contributed by atoms with Gasteiger partial charge in [-0.25, -0.2) is 0 Å². The Balaban J connectivity index is 4.21. The number of aliphatic hydroxyl groups is 1. The number of rotatable bonds is 2. The highest BCUT2D eigenvalue weighted by molar-refractivity contribution is 6.80. The SMILES string of the molecule is B/C(O)=C(\B)C(=O)BC. The Morgan fingerprint density at radius 1 is 1.56 bits per heavy atom. The summed E-state index contributed by atoms with van der Waals surface area (Å²) < 4.78 is 0. The molecule has 0 aliphatic rings. The average Bonchev–Trinajstić information content (AvgIpc) is 1.84. The van der Waals surface area contributed by atoms with E-state index in [4.69, 9.17) is 5.11 Å². The van der Waals surface area contributed by atoms with Gasteiger partial charge in [-0.05, 0) is 5.47 Å². The zero-order chi connectivity index (χ0) is 7.44. The molecule has 0 aromatic rings. The summed E-state index contributed by atoms with van der Waals surface area (Å²) in [7, 11) is 3.60. The van der Waals surface area contributed by atoms with Crippen molar-refractivity contribution in [3.05, 3.63) is 11.1 Å². The van der Waals surface area contributed by atoms with Crippen LogP contribution >= 0.6 is 0 Å². The van der Waals surface area contributed by atoms with Crippen LogP contribution < -0.4 is 0 Å². The maximum Gasteiger partial charge on any atom is 0.207 e. The highest BCUT2D eigenvalue weighted by atomic mass is 16.3. The number of hydrogen-bond donors (Lipinski definition) is 1. The molecule has 0 saturated heterocycles. The summed E-state index contributed by atoms with van der Waals surface area (Å²) in [6, 6.07) is 0. The maximum atomic E-state index is 10.7. The normalized spacial score (nSPS) is 12.1. The minimum atomic E-state index is 0.00926. The molecule has 0 saturated carbocycles. The van der Waals surface area contributed by atoms with E-state index in [9.17, 15) is 4.79 Å². The van der Waals surface area contributed by atoms with E-state index in [1.54, 1.807) is 14.7 Å². The highest BCUT2D eigenvalue weighted by Gasteiger charge is 2.03. The summed E-state index contributed by atoms with van der Waals surface area (Å²) in [4.78, 5) is 10.7. The molecule has 0 aromatic carbocycles. The Morgan fingerprint density at radius 2 is 2.00 bits per heavy atom. The second kappa shape index (κ2) is 3.43. The van der Waals surface area contributed by atoms with Crippen LogP contribution in [0.2, 0.25) is 6.82 Å². The number of carbonyl (C=O) groups excluding carboxylic acids is 1. The molecule has 0 unspecified atom stereocenters. The molecular weight excluding hydrogens is 112 g/mol. The summed E-state index contributed by atoms with van der Waals surface area (Å²) in [6.45, 7) is 1.77. The van der Waals surface area contributed by atoms with Crippen LogP contribution in [0.1, 0.15) is 0 Å². The third-order valence-corrected chi connectivity index (χ3v) is 1.28. The third-order valence-electron chi connectivity index (χ3n) is 1.28. The molecule has 0 aromatic heterocycles. The Morgan fingerprint density at radius 3 is 2.11 bits per heavy atom. The topological polar surface area (TPSA) is 37.3 Å². The number of allylic oxidation sites excluding steroid dienone is 1. The first-order valence-corrected chi connectivity index (χ1v) is 2.99. The Labute approximate surface area is 57.4 Å². The second-order valence-electron chi connectivity index (χ2n) is 1.99. The van der Waals surface area contributed by atoms with Crippen molar-refractivity contribution in [3.8, 4) is 0 Å². The Bertz CT molecular complexity index is 148. The predicted octanol–water partition coefficient (Wildman–Crippen LogP) is -2.01. The number of carbonyl (C=O) groups is 1. The van der Waals surface area contributed by atoms with Crippen LogP contribution in [0.4, 0.5) is 0 Å². The van der Waals surface area contributed by atoms with Gasteiger partial charge < -0.3 is 9.90 Å². The van der Waals surface area contributed by atoms with E-state index in [0.29, 0.717) is 12.8 Å². The highest BCUT2D eigenvalue weighted by Crippen LogP contribution is 1.91. The average molecular weight is 122 g/mol. The molecule has 2 nitrogen and oxygen atoms in total. The molecule has 5 heteroatoms. The lowest BCUT2D eigenvalue weighted by Gasteiger charge is -1.96. The maximum absolute atomic E-state index is 10.7. The molecule has 0 rings (SSSR count). The minimum absolute atomic E-state index is 0.00926. The van der Waals surface area contributed by atoms with Gasteiger partial charge in [0.1, 0.15) is 13.5 Å². The van der Waals surface area contributed by atoms with Gasteiger partial charge in [-0.1, -0.05) is 6.82 Å². The lowest BCUT2D eigenvalue weighted by molar-refractivity contribution is -0.108. The van der Waals surface area contributed by atoms with Gasteiger partial charge in [0.15, 0.2) is 7.85 Å². The summed E-state index contributed by atoms with van der Waals surface area (Å²) in [5.74, 6) is 0. The smallest absolute Gasteiger partial charge is 0.207 e. The Kier molecular flexibility index (Phi) is 3.21. The quantitative estimate of drug-likeness (QED) is 0.261. The van der Waals surface area contributed by atoms with E-state index < -0.39 is 0 Å². The molecule has 46 valence electrons. The molecule has 1 N–H and O–H groups in total. The molecular formula is C4H9B3O2. The lowest BCUT2D eigenvalue weighted by atomic mass is 9.66. The van der Waals surface area contributed by atoms with Crippen molar-refractivity contribution in [3.63, 3.8) is 0 Å². The first kappa shape index (κ1) is 8.40. The molecule has 0 amide bonds. The van der Waals surface area contributed by atoms with Crippen LogP contribution in [-0.2, 0) is 4.79 Å². The molecule has 0 aliphatic carbocycles. The minimum Gasteiger partial charge on any atom is -0.524 e. The first-order valence-electron chi connectivity index (χ1n) is 2.99. The van der Waals surface area contributed by atoms with Gasteiger partial charge in [-0.3, -0.25) is 0 Å². The van der Waals surface area contributed by atoms with Crippen LogP contribution in [0.15, 0.2) is 11.1 Å². The lowest BCUT2D eigenvalue weighted by Crippen LogP contribution is -2.11. The van der Waals surface area contributed by atoms with Crippen molar-refractivity contribution in [2.45, 2.75) is 6.82 Å². The van der Waals surface area contributed by atoms with Gasteiger partial charge >= 0.3 is 0 Å². The van der Waals surface area contributed by atoms with Gasteiger partial charge in [0.2, 0.25) is 7.28 Å². The van der Waals surface area contributed by atoms with Crippen molar-refractivity contribution in [1.29, 1.82) is 0 Å². The monoisotopic (exact) mass is 122 g/mol. The largest absolute Gasteiger partial charge is 0.524 e. The predicted molar refractivity (Wildman–Crippen MR) is 44.8 cm³/mol. The molecule has 0 fully saturated rings. The molecule has 0 atom stereocenters. The van der Waals surface area contributed by atoms with Gasteiger partial charge in [-0.15, -0.1) is 0 Å². The van der Waals surface area contributed by atoms with Crippen LogP contribution in [0.5, 0.6) is 0 Å². The summed E-state index contributed by atoms with van der Waals surface area (Å²) in [5.41, 5.74) is 0.606. The fraction of sp³-hybridized carbons (Fsp3) is 0.250. The van der Waals surface area contributed by atoms with Crippen LogP contribution in [-0.4, -0.2) is 33.8 Å². The van der Waals surface area contributed by atoms with E-state index in [1.165, 1.54) is 7.85 Å². The summed E-state index contributed by atoms with van der Waals surface area (Å²) in [6.07, 6.45) is 0. The fourth-order valence-electron chi connectivity index (χ4n) is 0.467. The second-order valence-corrected chi connectivity index (χ2v) is 1.99. The van der Waals surface area contributed by atoms with Crippen LogP contribution in [0, 0.1) is 0 Å².